The second kappa shape index (κ2) is 5.82. The Labute approximate surface area is 126 Å². The molecule has 1 aromatic rings. The van der Waals surface area contributed by atoms with Crippen LogP contribution in [0.5, 0.6) is 0 Å². The van der Waals surface area contributed by atoms with Crippen LogP contribution in [0.25, 0.3) is 0 Å². The number of benzene rings is 1. The maximum Gasteiger partial charge on any atom is 0.237 e. The summed E-state index contributed by atoms with van der Waals surface area (Å²) in [5.41, 5.74) is 1.03. The van der Waals surface area contributed by atoms with Crippen molar-refractivity contribution < 1.29 is 9.18 Å². The molecule has 0 radical (unpaired) electrons. The first-order valence-corrected chi connectivity index (χ1v) is 7.91. The molecule has 3 rings (SSSR count). The van der Waals surface area contributed by atoms with Crippen molar-refractivity contribution in [3.05, 3.63) is 34.1 Å². The van der Waals surface area contributed by atoms with Crippen LogP contribution in [0, 0.1) is 5.82 Å². The molecule has 1 aromatic carbocycles. The summed E-state index contributed by atoms with van der Waals surface area (Å²) in [7, 11) is 0. The van der Waals surface area contributed by atoms with E-state index in [2.05, 4.69) is 26.1 Å². The predicted molar refractivity (Wildman–Crippen MR) is 78.7 cm³/mol. The molecule has 2 aliphatic rings. The average Bonchev–Trinajstić information content (AvgIpc) is 3.10. The minimum Gasteiger partial charge on any atom is -0.352 e. The summed E-state index contributed by atoms with van der Waals surface area (Å²) in [5, 5.41) is 3.08. The standard InChI is InChI=1S/C15H18BrFN2O/c16-12-8-10(3-6-13(12)17)9-19-7-1-2-14(19)15(20)18-11-4-5-11/h3,6,8,11,14H,1-2,4-5,7,9H2,(H,18,20)/t14-/m1/s1. The summed E-state index contributed by atoms with van der Waals surface area (Å²) in [4.78, 5) is 14.4. The molecule has 5 heteroatoms. The van der Waals surface area contributed by atoms with E-state index in [1.54, 1.807) is 12.1 Å². The molecule has 1 saturated carbocycles. The quantitative estimate of drug-likeness (QED) is 0.913. The molecule has 0 bridgehead atoms. The smallest absolute Gasteiger partial charge is 0.237 e. The van der Waals surface area contributed by atoms with Gasteiger partial charge in [-0.2, -0.15) is 0 Å². The van der Waals surface area contributed by atoms with E-state index < -0.39 is 0 Å². The third kappa shape index (κ3) is 3.20. The average molecular weight is 341 g/mol. The number of carbonyl (C=O) groups excluding carboxylic acids is 1. The number of likely N-dealkylation sites (tertiary alicyclic amines) is 1. The first-order valence-electron chi connectivity index (χ1n) is 7.12. The van der Waals surface area contributed by atoms with Gasteiger partial charge < -0.3 is 5.32 Å². The molecule has 1 aliphatic carbocycles. The van der Waals surface area contributed by atoms with Gasteiger partial charge in [-0.3, -0.25) is 9.69 Å². The lowest BCUT2D eigenvalue weighted by molar-refractivity contribution is -0.125. The van der Waals surface area contributed by atoms with Gasteiger partial charge in [-0.15, -0.1) is 0 Å². The van der Waals surface area contributed by atoms with Gasteiger partial charge in [0, 0.05) is 12.6 Å². The van der Waals surface area contributed by atoms with E-state index in [0.717, 1.165) is 37.8 Å². The molecule has 2 fully saturated rings. The number of hydrogen-bond donors (Lipinski definition) is 1. The van der Waals surface area contributed by atoms with Crippen molar-refractivity contribution in [2.75, 3.05) is 6.54 Å². The Kier molecular flexibility index (Phi) is 4.08. The summed E-state index contributed by atoms with van der Waals surface area (Å²) in [6.45, 7) is 1.62. The van der Waals surface area contributed by atoms with Crippen LogP contribution in [0.1, 0.15) is 31.2 Å². The third-order valence-electron chi connectivity index (χ3n) is 3.96. The molecule has 1 atom stereocenters. The normalized spacial score (nSPS) is 23.0. The van der Waals surface area contributed by atoms with Gasteiger partial charge >= 0.3 is 0 Å². The van der Waals surface area contributed by atoms with Crippen LogP contribution in [0.2, 0.25) is 0 Å². The first kappa shape index (κ1) is 14.0. The summed E-state index contributed by atoms with van der Waals surface area (Å²) >= 11 is 3.21. The van der Waals surface area contributed by atoms with Crippen molar-refractivity contribution in [3.63, 3.8) is 0 Å². The van der Waals surface area contributed by atoms with E-state index in [9.17, 15) is 9.18 Å². The van der Waals surface area contributed by atoms with E-state index in [1.807, 2.05) is 0 Å². The summed E-state index contributed by atoms with van der Waals surface area (Å²) < 4.78 is 13.7. The molecule has 1 aliphatic heterocycles. The molecule has 1 heterocycles. The monoisotopic (exact) mass is 340 g/mol. The number of carbonyl (C=O) groups is 1. The highest BCUT2D eigenvalue weighted by Gasteiger charge is 2.33. The van der Waals surface area contributed by atoms with Gasteiger partial charge in [0.15, 0.2) is 0 Å². The summed E-state index contributed by atoms with van der Waals surface area (Å²) in [5.74, 6) is -0.0932. The lowest BCUT2D eigenvalue weighted by Crippen LogP contribution is -2.43. The van der Waals surface area contributed by atoms with Gasteiger partial charge in [0.1, 0.15) is 5.82 Å². The maximum atomic E-state index is 13.2. The SMILES string of the molecule is O=C(NC1CC1)[C@H]1CCCN1Cc1ccc(F)c(Br)c1. The Morgan fingerprint density at radius 2 is 2.20 bits per heavy atom. The molecule has 0 unspecified atom stereocenters. The highest BCUT2D eigenvalue weighted by Crippen LogP contribution is 2.25. The van der Waals surface area contributed by atoms with E-state index >= 15 is 0 Å². The molecule has 0 aromatic heterocycles. The fourth-order valence-electron chi connectivity index (χ4n) is 2.71. The molecule has 1 amide bonds. The van der Waals surface area contributed by atoms with Crippen LogP contribution in [-0.2, 0) is 11.3 Å². The molecular weight excluding hydrogens is 323 g/mol. The van der Waals surface area contributed by atoms with Gasteiger partial charge in [-0.05, 0) is 65.9 Å². The highest BCUT2D eigenvalue weighted by molar-refractivity contribution is 9.10. The zero-order valence-electron chi connectivity index (χ0n) is 11.2. The minimum atomic E-state index is -0.252. The topological polar surface area (TPSA) is 32.3 Å². The Morgan fingerprint density at radius 1 is 1.40 bits per heavy atom. The Hall–Kier alpha value is -0.940. The second-order valence-corrected chi connectivity index (χ2v) is 6.51. The Balaban J connectivity index is 1.65. The molecule has 20 heavy (non-hydrogen) atoms. The largest absolute Gasteiger partial charge is 0.352 e. The van der Waals surface area contributed by atoms with Crippen molar-refractivity contribution in [2.24, 2.45) is 0 Å². The lowest BCUT2D eigenvalue weighted by atomic mass is 10.1. The van der Waals surface area contributed by atoms with Crippen LogP contribution in [0.15, 0.2) is 22.7 Å². The van der Waals surface area contributed by atoms with E-state index in [0.29, 0.717) is 17.1 Å². The molecule has 1 N–H and O–H groups in total. The predicted octanol–water partition coefficient (Wildman–Crippen LogP) is 2.83. The number of amides is 1. The molecule has 3 nitrogen and oxygen atoms in total. The van der Waals surface area contributed by atoms with E-state index in [4.69, 9.17) is 0 Å². The highest BCUT2D eigenvalue weighted by atomic mass is 79.9. The van der Waals surface area contributed by atoms with Gasteiger partial charge in [-0.1, -0.05) is 6.07 Å². The van der Waals surface area contributed by atoms with Crippen molar-refractivity contribution in [3.8, 4) is 0 Å². The number of halogens is 2. The van der Waals surface area contributed by atoms with Gasteiger partial charge in [0.2, 0.25) is 5.91 Å². The fourth-order valence-corrected chi connectivity index (χ4v) is 3.14. The molecular formula is C15H18BrFN2O. The minimum absolute atomic E-state index is 0.0283. The fraction of sp³-hybridized carbons (Fsp3) is 0.533. The number of nitrogens with one attached hydrogen (secondary N) is 1. The number of hydrogen-bond acceptors (Lipinski definition) is 2. The molecule has 108 valence electrons. The van der Waals surface area contributed by atoms with Gasteiger partial charge in [0.25, 0.3) is 0 Å². The van der Waals surface area contributed by atoms with Gasteiger partial charge in [0.05, 0.1) is 10.5 Å². The zero-order valence-corrected chi connectivity index (χ0v) is 12.8. The van der Waals surface area contributed by atoms with Gasteiger partial charge in [-0.25, -0.2) is 4.39 Å². The van der Waals surface area contributed by atoms with Crippen LogP contribution >= 0.6 is 15.9 Å². The Bertz CT molecular complexity index is 519. The van der Waals surface area contributed by atoms with Crippen LogP contribution in [0.3, 0.4) is 0 Å². The van der Waals surface area contributed by atoms with E-state index in [1.165, 1.54) is 6.07 Å². The number of rotatable bonds is 4. The zero-order chi connectivity index (χ0) is 14.1. The molecule has 1 saturated heterocycles. The summed E-state index contributed by atoms with van der Waals surface area (Å²) in [6, 6.07) is 5.43. The number of nitrogens with zero attached hydrogens (tertiary/aromatic N) is 1. The second-order valence-electron chi connectivity index (χ2n) is 5.66. The van der Waals surface area contributed by atoms with Crippen LogP contribution < -0.4 is 5.32 Å². The van der Waals surface area contributed by atoms with Crippen molar-refractivity contribution in [1.82, 2.24) is 10.2 Å². The first-order chi connectivity index (χ1) is 9.63. The van der Waals surface area contributed by atoms with Crippen molar-refractivity contribution in [1.29, 1.82) is 0 Å². The van der Waals surface area contributed by atoms with E-state index in [-0.39, 0.29) is 17.8 Å². The van der Waals surface area contributed by atoms with Crippen LogP contribution in [-0.4, -0.2) is 29.4 Å². The maximum absolute atomic E-state index is 13.2. The lowest BCUT2D eigenvalue weighted by Gasteiger charge is -2.23. The van der Waals surface area contributed by atoms with Crippen molar-refractivity contribution in [2.45, 2.75) is 44.3 Å². The summed E-state index contributed by atoms with van der Waals surface area (Å²) in [6.07, 6.45) is 4.19. The van der Waals surface area contributed by atoms with Crippen LogP contribution in [0.4, 0.5) is 4.39 Å². The van der Waals surface area contributed by atoms with Crippen molar-refractivity contribution >= 4 is 21.8 Å². The third-order valence-corrected chi connectivity index (χ3v) is 4.57. The Morgan fingerprint density at radius 3 is 2.90 bits per heavy atom. The molecule has 0 spiro atoms.